The zero-order valence-corrected chi connectivity index (χ0v) is 12.3. The number of pyridine rings is 1. The van der Waals surface area contributed by atoms with E-state index >= 15 is 0 Å². The molecule has 2 heterocycles. The van der Waals surface area contributed by atoms with Crippen molar-refractivity contribution < 1.29 is 9.21 Å². The molecule has 1 N–H and O–H groups in total. The van der Waals surface area contributed by atoms with Gasteiger partial charge in [0.25, 0.3) is 4.84 Å². The number of rotatable bonds is 5. The average Bonchev–Trinajstić information content (AvgIpc) is 2.95. The highest BCUT2D eigenvalue weighted by atomic mass is 32.1. The molecule has 0 saturated heterocycles. The molecule has 0 unspecified atom stereocenters. The van der Waals surface area contributed by atoms with Crippen LogP contribution in [0.1, 0.15) is 10.4 Å². The molecule has 7 heteroatoms. The SMILES string of the molecule is O=Cc1ccc(NCn2nc(-c3ccncc3)oc2=S)cc1. The molecule has 0 amide bonds. The minimum atomic E-state index is 0.281. The van der Waals surface area contributed by atoms with Crippen molar-refractivity contribution in [1.82, 2.24) is 14.8 Å². The van der Waals surface area contributed by atoms with Crippen molar-refractivity contribution in [3.63, 3.8) is 0 Å². The van der Waals surface area contributed by atoms with Gasteiger partial charge in [-0.05, 0) is 48.6 Å². The van der Waals surface area contributed by atoms with Gasteiger partial charge in [-0.2, -0.15) is 0 Å². The lowest BCUT2D eigenvalue weighted by molar-refractivity contribution is 0.112. The van der Waals surface area contributed by atoms with E-state index in [1.165, 1.54) is 0 Å². The van der Waals surface area contributed by atoms with E-state index in [1.807, 2.05) is 12.1 Å². The number of aromatic nitrogens is 3. The van der Waals surface area contributed by atoms with Gasteiger partial charge in [-0.1, -0.05) is 0 Å². The van der Waals surface area contributed by atoms with Crippen LogP contribution in [0.3, 0.4) is 0 Å². The van der Waals surface area contributed by atoms with Gasteiger partial charge in [0, 0.05) is 29.2 Å². The lowest BCUT2D eigenvalue weighted by Gasteiger charge is -2.05. The van der Waals surface area contributed by atoms with Crippen LogP contribution in [-0.2, 0) is 6.67 Å². The summed E-state index contributed by atoms with van der Waals surface area (Å²) in [7, 11) is 0. The average molecular weight is 312 g/mol. The minimum Gasteiger partial charge on any atom is -0.409 e. The van der Waals surface area contributed by atoms with Gasteiger partial charge >= 0.3 is 0 Å². The van der Waals surface area contributed by atoms with Crippen molar-refractivity contribution in [3.8, 4) is 11.5 Å². The Morgan fingerprint density at radius 2 is 1.91 bits per heavy atom. The Morgan fingerprint density at radius 3 is 2.59 bits per heavy atom. The molecule has 3 rings (SSSR count). The molecule has 0 fully saturated rings. The normalized spacial score (nSPS) is 10.4. The molecule has 6 nitrogen and oxygen atoms in total. The Bertz CT molecular complexity index is 825. The Morgan fingerprint density at radius 1 is 1.18 bits per heavy atom. The largest absolute Gasteiger partial charge is 0.409 e. The predicted molar refractivity (Wildman–Crippen MR) is 84.0 cm³/mol. The topological polar surface area (TPSA) is 73.0 Å². The summed E-state index contributed by atoms with van der Waals surface area (Å²) in [6.45, 7) is 0.369. The summed E-state index contributed by atoms with van der Waals surface area (Å²) in [5.74, 6) is 0.450. The van der Waals surface area contributed by atoms with Crippen LogP contribution < -0.4 is 5.32 Å². The van der Waals surface area contributed by atoms with E-state index in [4.69, 9.17) is 16.6 Å². The van der Waals surface area contributed by atoms with Gasteiger partial charge in [-0.25, -0.2) is 4.68 Å². The van der Waals surface area contributed by atoms with Crippen LogP contribution >= 0.6 is 12.2 Å². The monoisotopic (exact) mass is 312 g/mol. The number of carbonyl (C=O) groups is 1. The highest BCUT2D eigenvalue weighted by Gasteiger charge is 2.07. The van der Waals surface area contributed by atoms with Gasteiger partial charge in [0.1, 0.15) is 13.0 Å². The van der Waals surface area contributed by atoms with Crippen molar-refractivity contribution in [2.75, 3.05) is 5.32 Å². The molecule has 0 aliphatic rings. The van der Waals surface area contributed by atoms with Gasteiger partial charge < -0.3 is 9.73 Å². The van der Waals surface area contributed by atoms with Crippen LogP contribution in [0, 0.1) is 4.84 Å². The number of hydrogen-bond donors (Lipinski definition) is 1. The van der Waals surface area contributed by atoms with Crippen LogP contribution in [0.4, 0.5) is 5.69 Å². The summed E-state index contributed by atoms with van der Waals surface area (Å²) in [6, 6.07) is 10.7. The van der Waals surface area contributed by atoms with Gasteiger partial charge in [-0.15, -0.1) is 5.10 Å². The zero-order chi connectivity index (χ0) is 15.4. The number of benzene rings is 1. The first kappa shape index (κ1) is 14.2. The summed E-state index contributed by atoms with van der Waals surface area (Å²) in [6.07, 6.45) is 4.14. The minimum absolute atomic E-state index is 0.281. The second kappa shape index (κ2) is 6.31. The molecule has 0 atom stereocenters. The quantitative estimate of drug-likeness (QED) is 0.576. The van der Waals surface area contributed by atoms with Gasteiger partial charge in [0.2, 0.25) is 5.89 Å². The Balaban J connectivity index is 1.74. The number of carbonyl (C=O) groups excluding carboxylic acids is 1. The summed E-state index contributed by atoms with van der Waals surface area (Å²) < 4.78 is 7.03. The lowest BCUT2D eigenvalue weighted by Crippen LogP contribution is -2.09. The van der Waals surface area contributed by atoms with Crippen LogP contribution in [0.2, 0.25) is 0 Å². The third-order valence-corrected chi connectivity index (χ3v) is 3.31. The summed E-state index contributed by atoms with van der Waals surface area (Å²) in [4.78, 5) is 14.8. The fraction of sp³-hybridized carbons (Fsp3) is 0.0667. The van der Waals surface area contributed by atoms with E-state index in [-0.39, 0.29) is 4.84 Å². The highest BCUT2D eigenvalue weighted by Crippen LogP contribution is 2.16. The van der Waals surface area contributed by atoms with Crippen molar-refractivity contribution in [2.24, 2.45) is 0 Å². The maximum Gasteiger partial charge on any atom is 0.289 e. The molecule has 0 bridgehead atoms. The molecule has 0 spiro atoms. The fourth-order valence-corrected chi connectivity index (χ4v) is 2.05. The zero-order valence-electron chi connectivity index (χ0n) is 11.5. The van der Waals surface area contributed by atoms with E-state index < -0.39 is 0 Å². The Hall–Kier alpha value is -2.80. The summed E-state index contributed by atoms with van der Waals surface area (Å²) >= 11 is 5.16. The van der Waals surface area contributed by atoms with Crippen molar-refractivity contribution >= 4 is 24.2 Å². The summed E-state index contributed by atoms with van der Waals surface area (Å²) in [5.41, 5.74) is 2.31. The van der Waals surface area contributed by atoms with Crippen LogP contribution in [-0.4, -0.2) is 21.1 Å². The standard InChI is InChI=1S/C15H12N4O2S/c20-9-11-1-3-13(4-2-11)17-10-19-15(22)21-14(18-19)12-5-7-16-8-6-12/h1-9,17H,10H2. The number of anilines is 1. The van der Waals surface area contributed by atoms with Gasteiger partial charge in [0.05, 0.1) is 0 Å². The smallest absolute Gasteiger partial charge is 0.289 e. The van der Waals surface area contributed by atoms with Crippen LogP contribution in [0.15, 0.2) is 53.2 Å². The molecule has 0 saturated carbocycles. The van der Waals surface area contributed by atoms with Crippen LogP contribution in [0.25, 0.3) is 11.5 Å². The van der Waals surface area contributed by atoms with Gasteiger partial charge in [0.15, 0.2) is 0 Å². The maximum absolute atomic E-state index is 10.6. The Kier molecular flexibility index (Phi) is 4.06. The second-order valence-corrected chi connectivity index (χ2v) is 4.83. The first-order valence-electron chi connectivity index (χ1n) is 6.54. The second-order valence-electron chi connectivity index (χ2n) is 4.48. The van der Waals surface area contributed by atoms with Crippen molar-refractivity contribution in [3.05, 3.63) is 59.2 Å². The molecular formula is C15H12N4O2S. The number of nitrogens with zero attached hydrogens (tertiary/aromatic N) is 3. The summed E-state index contributed by atoms with van der Waals surface area (Å²) in [5, 5.41) is 7.49. The molecule has 0 aliphatic carbocycles. The molecular weight excluding hydrogens is 300 g/mol. The van der Waals surface area contributed by atoms with E-state index in [2.05, 4.69) is 15.4 Å². The van der Waals surface area contributed by atoms with Crippen molar-refractivity contribution in [2.45, 2.75) is 6.67 Å². The molecule has 2 aromatic heterocycles. The maximum atomic E-state index is 10.6. The molecule has 1 aromatic carbocycles. The third-order valence-electron chi connectivity index (χ3n) is 3.01. The molecule has 3 aromatic rings. The van der Waals surface area contributed by atoms with E-state index in [1.54, 1.807) is 41.3 Å². The number of hydrogen-bond acceptors (Lipinski definition) is 6. The number of nitrogens with one attached hydrogen (secondary N) is 1. The Labute approximate surface area is 131 Å². The van der Waals surface area contributed by atoms with Gasteiger partial charge in [-0.3, -0.25) is 9.78 Å². The molecule has 0 aliphatic heterocycles. The highest BCUT2D eigenvalue weighted by molar-refractivity contribution is 7.71. The molecule has 110 valence electrons. The molecule has 0 radical (unpaired) electrons. The van der Waals surface area contributed by atoms with E-state index in [0.29, 0.717) is 18.1 Å². The van der Waals surface area contributed by atoms with E-state index in [0.717, 1.165) is 17.5 Å². The van der Waals surface area contributed by atoms with Crippen LogP contribution in [0.5, 0.6) is 0 Å². The van der Waals surface area contributed by atoms with Crippen molar-refractivity contribution in [1.29, 1.82) is 0 Å². The molecule has 22 heavy (non-hydrogen) atoms. The predicted octanol–water partition coefficient (Wildman–Crippen LogP) is 3.15. The van der Waals surface area contributed by atoms with E-state index in [9.17, 15) is 4.79 Å². The first-order chi connectivity index (χ1) is 10.8. The third kappa shape index (κ3) is 3.09. The lowest BCUT2D eigenvalue weighted by atomic mass is 10.2. The number of aldehydes is 1. The first-order valence-corrected chi connectivity index (χ1v) is 6.94. The fourth-order valence-electron chi connectivity index (χ4n) is 1.86.